The van der Waals surface area contributed by atoms with Crippen LogP contribution in [0.15, 0.2) is 77.0 Å². The van der Waals surface area contributed by atoms with Crippen LogP contribution in [0.4, 0.5) is 11.4 Å². The summed E-state index contributed by atoms with van der Waals surface area (Å²) in [6.07, 6.45) is 0.542. The van der Waals surface area contributed by atoms with Gasteiger partial charge in [0.25, 0.3) is 0 Å². The Hall–Kier alpha value is -3.28. The third-order valence-corrected chi connectivity index (χ3v) is 3.21. The maximum Gasteiger partial charge on any atom is 0.333 e. The molecule has 0 aliphatic rings. The Bertz CT molecular complexity index is 783. The van der Waals surface area contributed by atoms with Crippen LogP contribution in [0.1, 0.15) is 19.8 Å². The first kappa shape index (κ1) is 19.1. The normalized spacial score (nSPS) is 10.5. The highest BCUT2D eigenvalue weighted by Gasteiger charge is 2.07. The van der Waals surface area contributed by atoms with Gasteiger partial charge in [-0.3, -0.25) is 4.79 Å². The Morgan fingerprint density at radius 3 is 2.19 bits per heavy atom. The summed E-state index contributed by atoms with van der Waals surface area (Å²) in [4.78, 5) is 23.0. The summed E-state index contributed by atoms with van der Waals surface area (Å²) < 4.78 is 10.1. The fraction of sp³-hybridized carbons (Fsp3) is 0.200. The first-order chi connectivity index (χ1) is 12.5. The molecule has 0 N–H and O–H groups in total. The van der Waals surface area contributed by atoms with Crippen molar-refractivity contribution >= 4 is 23.3 Å². The molecule has 2 rings (SSSR count). The lowest BCUT2D eigenvalue weighted by Crippen LogP contribution is -2.11. The number of esters is 2. The summed E-state index contributed by atoms with van der Waals surface area (Å²) in [5, 5.41) is 8.23. The number of benzene rings is 2. The molecule has 0 atom stereocenters. The zero-order valence-corrected chi connectivity index (χ0v) is 14.6. The van der Waals surface area contributed by atoms with E-state index in [1.165, 1.54) is 0 Å². The summed E-state index contributed by atoms with van der Waals surface area (Å²) in [6, 6.07) is 16.1. The van der Waals surface area contributed by atoms with Crippen molar-refractivity contribution in [1.29, 1.82) is 0 Å². The SMILES string of the molecule is C=C(C)C(=O)OCCCC(=O)Oc1ccc(N=Nc2ccccc2)cc1. The van der Waals surface area contributed by atoms with E-state index in [0.29, 0.717) is 23.4 Å². The van der Waals surface area contributed by atoms with Gasteiger partial charge in [0.05, 0.1) is 18.0 Å². The van der Waals surface area contributed by atoms with Crippen LogP contribution >= 0.6 is 0 Å². The highest BCUT2D eigenvalue weighted by Crippen LogP contribution is 2.21. The predicted molar refractivity (Wildman–Crippen MR) is 97.7 cm³/mol. The molecule has 6 nitrogen and oxygen atoms in total. The Labute approximate surface area is 152 Å². The van der Waals surface area contributed by atoms with Crippen molar-refractivity contribution < 1.29 is 19.1 Å². The molecule has 0 bridgehead atoms. The van der Waals surface area contributed by atoms with Gasteiger partial charge in [-0.05, 0) is 49.7 Å². The highest BCUT2D eigenvalue weighted by atomic mass is 16.5. The van der Waals surface area contributed by atoms with Crippen molar-refractivity contribution in [3.05, 3.63) is 66.7 Å². The minimum Gasteiger partial charge on any atom is -0.462 e. The van der Waals surface area contributed by atoms with Crippen LogP contribution in [0, 0.1) is 0 Å². The molecule has 26 heavy (non-hydrogen) atoms. The molecule has 0 amide bonds. The van der Waals surface area contributed by atoms with E-state index in [2.05, 4.69) is 16.8 Å². The predicted octanol–water partition coefficient (Wildman–Crippen LogP) is 4.91. The summed E-state index contributed by atoms with van der Waals surface area (Å²) in [7, 11) is 0. The molecule has 6 heteroatoms. The van der Waals surface area contributed by atoms with Gasteiger partial charge < -0.3 is 9.47 Å². The second-order valence-corrected chi connectivity index (χ2v) is 5.52. The summed E-state index contributed by atoms with van der Waals surface area (Å²) in [5.41, 5.74) is 1.74. The Kier molecular flexibility index (Phi) is 7.24. The van der Waals surface area contributed by atoms with Crippen LogP contribution in [-0.2, 0) is 14.3 Å². The largest absolute Gasteiger partial charge is 0.462 e. The van der Waals surface area contributed by atoms with Crippen molar-refractivity contribution in [2.45, 2.75) is 19.8 Å². The number of azo groups is 1. The first-order valence-corrected chi connectivity index (χ1v) is 8.15. The van der Waals surface area contributed by atoms with Crippen molar-refractivity contribution in [3.63, 3.8) is 0 Å². The fourth-order valence-electron chi connectivity index (χ4n) is 1.88. The second-order valence-electron chi connectivity index (χ2n) is 5.52. The molecule has 0 radical (unpaired) electrons. The van der Waals surface area contributed by atoms with Crippen LogP contribution in [0.2, 0.25) is 0 Å². The van der Waals surface area contributed by atoms with Crippen LogP contribution < -0.4 is 4.74 Å². The van der Waals surface area contributed by atoms with E-state index in [-0.39, 0.29) is 13.0 Å². The van der Waals surface area contributed by atoms with Crippen LogP contribution in [0.3, 0.4) is 0 Å². The van der Waals surface area contributed by atoms with E-state index >= 15 is 0 Å². The molecular weight excluding hydrogens is 332 g/mol. The van der Waals surface area contributed by atoms with Crippen LogP contribution in [0.25, 0.3) is 0 Å². The third kappa shape index (κ3) is 6.68. The molecule has 2 aromatic carbocycles. The molecule has 0 heterocycles. The molecule has 0 aromatic heterocycles. The molecule has 2 aromatic rings. The number of nitrogens with zero attached hydrogens (tertiary/aromatic N) is 2. The average Bonchev–Trinajstić information content (AvgIpc) is 2.65. The number of hydrogen-bond donors (Lipinski definition) is 0. The smallest absolute Gasteiger partial charge is 0.333 e. The van der Waals surface area contributed by atoms with Gasteiger partial charge >= 0.3 is 11.9 Å². The number of carbonyl (C=O) groups excluding carboxylic acids is 2. The van der Waals surface area contributed by atoms with E-state index in [9.17, 15) is 9.59 Å². The number of hydrogen-bond acceptors (Lipinski definition) is 6. The quantitative estimate of drug-likeness (QED) is 0.222. The standard InChI is InChI=1S/C20H20N2O4/c1-15(2)20(24)25-14-6-9-19(23)26-18-12-10-17(11-13-18)22-21-16-7-4-3-5-8-16/h3-5,7-8,10-13H,1,6,9,14H2,2H3. The van der Waals surface area contributed by atoms with E-state index in [1.807, 2.05) is 30.3 Å². The lowest BCUT2D eigenvalue weighted by molar-refractivity contribution is -0.141. The molecule has 0 unspecified atom stereocenters. The van der Waals surface area contributed by atoms with Crippen molar-refractivity contribution in [2.24, 2.45) is 10.2 Å². The lowest BCUT2D eigenvalue weighted by Gasteiger charge is -2.05. The summed E-state index contributed by atoms with van der Waals surface area (Å²) in [6.45, 7) is 5.20. The second kappa shape index (κ2) is 9.88. The Morgan fingerprint density at radius 2 is 1.58 bits per heavy atom. The highest BCUT2D eigenvalue weighted by molar-refractivity contribution is 5.86. The van der Waals surface area contributed by atoms with Crippen molar-refractivity contribution in [1.82, 2.24) is 0 Å². The molecule has 0 aliphatic carbocycles. The molecule has 0 fully saturated rings. The lowest BCUT2D eigenvalue weighted by atomic mass is 10.3. The molecule has 0 spiro atoms. The maximum absolute atomic E-state index is 11.8. The topological polar surface area (TPSA) is 77.3 Å². The van der Waals surface area contributed by atoms with Crippen molar-refractivity contribution in [3.8, 4) is 5.75 Å². The van der Waals surface area contributed by atoms with Gasteiger partial charge in [0, 0.05) is 12.0 Å². The van der Waals surface area contributed by atoms with Gasteiger partial charge in [0.15, 0.2) is 0 Å². The third-order valence-electron chi connectivity index (χ3n) is 3.21. The average molecular weight is 352 g/mol. The zero-order chi connectivity index (χ0) is 18.8. The fourth-order valence-corrected chi connectivity index (χ4v) is 1.88. The number of carbonyl (C=O) groups is 2. The van der Waals surface area contributed by atoms with E-state index in [4.69, 9.17) is 9.47 Å². The Balaban J connectivity index is 1.76. The molecule has 134 valence electrons. The Morgan fingerprint density at radius 1 is 0.962 bits per heavy atom. The minimum atomic E-state index is -0.460. The molecule has 0 aliphatic heterocycles. The molecule has 0 saturated heterocycles. The van der Waals surface area contributed by atoms with Crippen LogP contribution in [0.5, 0.6) is 5.75 Å². The number of rotatable bonds is 8. The van der Waals surface area contributed by atoms with E-state index in [1.54, 1.807) is 31.2 Å². The van der Waals surface area contributed by atoms with E-state index < -0.39 is 11.9 Å². The monoisotopic (exact) mass is 352 g/mol. The van der Waals surface area contributed by atoms with Gasteiger partial charge in [0.1, 0.15) is 5.75 Å². The first-order valence-electron chi connectivity index (χ1n) is 8.15. The van der Waals surface area contributed by atoms with Gasteiger partial charge in [0.2, 0.25) is 0 Å². The van der Waals surface area contributed by atoms with Crippen LogP contribution in [-0.4, -0.2) is 18.5 Å². The molecular formula is C20H20N2O4. The van der Waals surface area contributed by atoms with Gasteiger partial charge in [-0.25, -0.2) is 4.79 Å². The number of ether oxygens (including phenoxy) is 2. The molecule has 0 saturated carbocycles. The van der Waals surface area contributed by atoms with Gasteiger partial charge in [-0.1, -0.05) is 24.8 Å². The minimum absolute atomic E-state index is 0.152. The summed E-state index contributed by atoms with van der Waals surface area (Å²) in [5.74, 6) is -0.429. The maximum atomic E-state index is 11.8. The summed E-state index contributed by atoms with van der Waals surface area (Å²) >= 11 is 0. The van der Waals surface area contributed by atoms with E-state index in [0.717, 1.165) is 5.69 Å². The van der Waals surface area contributed by atoms with Gasteiger partial charge in [-0.15, -0.1) is 0 Å². The zero-order valence-electron chi connectivity index (χ0n) is 14.6. The van der Waals surface area contributed by atoms with Crippen molar-refractivity contribution in [2.75, 3.05) is 6.61 Å². The van der Waals surface area contributed by atoms with Gasteiger partial charge in [-0.2, -0.15) is 10.2 Å².